The first-order valence-electron chi connectivity index (χ1n) is 11.8. The van der Waals surface area contributed by atoms with Gasteiger partial charge in [0.15, 0.2) is 0 Å². The lowest BCUT2D eigenvalue weighted by Gasteiger charge is -2.30. The Balaban J connectivity index is 1.50. The van der Waals surface area contributed by atoms with Gasteiger partial charge in [0.1, 0.15) is 5.52 Å². The van der Waals surface area contributed by atoms with Crippen molar-refractivity contribution in [3.63, 3.8) is 0 Å². The van der Waals surface area contributed by atoms with Crippen molar-refractivity contribution >= 4 is 22.9 Å². The third-order valence-corrected chi connectivity index (χ3v) is 6.92. The molecule has 0 radical (unpaired) electrons. The first kappa shape index (κ1) is 22.8. The smallest absolute Gasteiger partial charge is 0.304 e. The number of carbonyl (C=O) groups excluding carboxylic acids is 1. The van der Waals surface area contributed by atoms with Gasteiger partial charge >= 0.3 is 5.97 Å². The molecule has 0 saturated heterocycles. The first-order valence-corrected chi connectivity index (χ1v) is 11.8. The van der Waals surface area contributed by atoms with Crippen molar-refractivity contribution in [2.75, 3.05) is 6.54 Å². The molecule has 1 N–H and O–H groups in total. The lowest BCUT2D eigenvalue weighted by atomic mass is 9.83. The van der Waals surface area contributed by atoms with Crippen molar-refractivity contribution in [3.05, 3.63) is 76.1 Å². The van der Waals surface area contributed by atoms with Gasteiger partial charge in [-0.2, -0.15) is 5.10 Å². The van der Waals surface area contributed by atoms with Crippen molar-refractivity contribution in [1.82, 2.24) is 29.7 Å². The fraction of sp³-hybridized carbons (Fsp3) is 0.346. The van der Waals surface area contributed by atoms with Crippen LogP contribution in [0.1, 0.15) is 57.4 Å². The van der Waals surface area contributed by atoms with Gasteiger partial charge < -0.3 is 10.0 Å². The topological polar surface area (TPSA) is 106 Å². The molecule has 0 bridgehead atoms. The van der Waals surface area contributed by atoms with Crippen LogP contribution < -0.4 is 0 Å². The standard InChI is InChI=1S/C26H28N6O3/c1-4-32-23-8-7-21(16(2)25(23)28-29-32)22(12-24(33)34)18-6-5-17-9-10-31(15-19(17)11-18)26(35)20-13-27-30(3)14-20/h5-8,11,13-14,22H,4,9-10,12,15H2,1-3H3,(H,33,34). The third-order valence-electron chi connectivity index (χ3n) is 6.92. The van der Waals surface area contributed by atoms with E-state index in [9.17, 15) is 14.7 Å². The second kappa shape index (κ2) is 8.98. The second-order valence-corrected chi connectivity index (χ2v) is 9.11. The molecule has 9 heteroatoms. The van der Waals surface area contributed by atoms with E-state index >= 15 is 0 Å². The number of aliphatic carboxylic acids is 1. The fourth-order valence-electron chi connectivity index (χ4n) is 5.06. The molecule has 35 heavy (non-hydrogen) atoms. The van der Waals surface area contributed by atoms with Crippen LogP contribution in [0.2, 0.25) is 0 Å². The molecule has 1 aliphatic heterocycles. The van der Waals surface area contributed by atoms with Crippen molar-refractivity contribution < 1.29 is 14.7 Å². The molecule has 2 aromatic heterocycles. The van der Waals surface area contributed by atoms with Crippen molar-refractivity contribution in [1.29, 1.82) is 0 Å². The molecular weight excluding hydrogens is 444 g/mol. The Labute approximate surface area is 203 Å². The number of aromatic nitrogens is 5. The molecule has 180 valence electrons. The summed E-state index contributed by atoms with van der Waals surface area (Å²) < 4.78 is 3.46. The minimum atomic E-state index is -0.863. The zero-order chi connectivity index (χ0) is 24.7. The molecule has 1 amide bonds. The number of rotatable bonds is 6. The largest absolute Gasteiger partial charge is 0.481 e. The summed E-state index contributed by atoms with van der Waals surface area (Å²) in [5.74, 6) is -1.24. The van der Waals surface area contributed by atoms with E-state index in [1.807, 2.05) is 41.6 Å². The average Bonchev–Trinajstić information content (AvgIpc) is 3.48. The molecule has 3 heterocycles. The van der Waals surface area contributed by atoms with Gasteiger partial charge in [0, 0.05) is 38.8 Å². The molecule has 0 spiro atoms. The van der Waals surface area contributed by atoms with Crippen LogP contribution in [-0.2, 0) is 31.4 Å². The molecule has 4 aromatic rings. The van der Waals surface area contributed by atoms with Crippen LogP contribution in [0.3, 0.4) is 0 Å². The van der Waals surface area contributed by atoms with E-state index in [4.69, 9.17) is 0 Å². The molecule has 9 nitrogen and oxygen atoms in total. The maximum Gasteiger partial charge on any atom is 0.304 e. The summed E-state index contributed by atoms with van der Waals surface area (Å²) in [5, 5.41) is 22.4. The highest BCUT2D eigenvalue weighted by atomic mass is 16.4. The summed E-state index contributed by atoms with van der Waals surface area (Å²) in [6, 6.07) is 10.1. The highest BCUT2D eigenvalue weighted by molar-refractivity contribution is 5.93. The molecule has 1 unspecified atom stereocenters. The average molecular weight is 473 g/mol. The van der Waals surface area contributed by atoms with Gasteiger partial charge in [-0.25, -0.2) is 4.68 Å². The van der Waals surface area contributed by atoms with E-state index in [-0.39, 0.29) is 18.2 Å². The Bertz CT molecular complexity index is 1440. The summed E-state index contributed by atoms with van der Waals surface area (Å²) in [6.45, 7) is 5.84. The van der Waals surface area contributed by atoms with Crippen LogP contribution in [0, 0.1) is 6.92 Å². The lowest BCUT2D eigenvalue weighted by molar-refractivity contribution is -0.137. The third kappa shape index (κ3) is 4.18. The van der Waals surface area contributed by atoms with E-state index in [0.717, 1.165) is 39.7 Å². The molecule has 0 fully saturated rings. The Kier molecular flexibility index (Phi) is 5.84. The maximum absolute atomic E-state index is 13.0. The van der Waals surface area contributed by atoms with Crippen LogP contribution >= 0.6 is 0 Å². The van der Waals surface area contributed by atoms with Crippen LogP contribution in [0.15, 0.2) is 42.7 Å². The summed E-state index contributed by atoms with van der Waals surface area (Å²) >= 11 is 0. The molecule has 2 aromatic carbocycles. The molecule has 0 saturated carbocycles. The summed E-state index contributed by atoms with van der Waals surface area (Å²) in [6.07, 6.45) is 4.04. The number of amides is 1. The van der Waals surface area contributed by atoms with Crippen LogP contribution in [0.4, 0.5) is 0 Å². The first-order chi connectivity index (χ1) is 16.9. The highest BCUT2D eigenvalue weighted by Crippen LogP contribution is 2.35. The van der Waals surface area contributed by atoms with Crippen LogP contribution in [-0.4, -0.2) is 53.2 Å². The van der Waals surface area contributed by atoms with E-state index in [2.05, 4.69) is 27.5 Å². The van der Waals surface area contributed by atoms with Crippen molar-refractivity contribution in [2.45, 2.75) is 45.7 Å². The van der Waals surface area contributed by atoms with Gasteiger partial charge in [0.25, 0.3) is 5.91 Å². The molecule has 1 atom stereocenters. The number of nitrogens with zero attached hydrogens (tertiary/aromatic N) is 6. The zero-order valence-electron chi connectivity index (χ0n) is 20.1. The molecule has 1 aliphatic rings. The van der Waals surface area contributed by atoms with Gasteiger partial charge in [0.2, 0.25) is 0 Å². The Morgan fingerprint density at radius 1 is 1.17 bits per heavy atom. The maximum atomic E-state index is 13.0. The Morgan fingerprint density at radius 3 is 2.71 bits per heavy atom. The van der Waals surface area contributed by atoms with Gasteiger partial charge in [-0.1, -0.05) is 29.5 Å². The Hall–Kier alpha value is -4.01. The minimum absolute atomic E-state index is 0.0363. The number of carboxylic acids is 1. The summed E-state index contributed by atoms with van der Waals surface area (Å²) in [5.41, 5.74) is 7.35. The number of aryl methyl sites for hydroxylation is 3. The quantitative estimate of drug-likeness (QED) is 0.462. The van der Waals surface area contributed by atoms with Crippen LogP contribution in [0.5, 0.6) is 0 Å². The number of hydrogen-bond acceptors (Lipinski definition) is 5. The Morgan fingerprint density at radius 2 is 2.00 bits per heavy atom. The van der Waals surface area contributed by atoms with Crippen LogP contribution in [0.25, 0.3) is 11.0 Å². The number of hydrogen-bond donors (Lipinski definition) is 1. The normalized spacial score (nSPS) is 14.2. The monoisotopic (exact) mass is 472 g/mol. The molecule has 0 aliphatic carbocycles. The van der Waals surface area contributed by atoms with E-state index in [0.29, 0.717) is 25.2 Å². The lowest BCUT2D eigenvalue weighted by Crippen LogP contribution is -2.35. The fourth-order valence-corrected chi connectivity index (χ4v) is 5.06. The van der Waals surface area contributed by atoms with E-state index < -0.39 is 5.97 Å². The minimum Gasteiger partial charge on any atom is -0.481 e. The zero-order valence-corrected chi connectivity index (χ0v) is 20.1. The predicted octanol–water partition coefficient (Wildman–Crippen LogP) is 3.30. The van der Waals surface area contributed by atoms with Crippen molar-refractivity contribution in [2.24, 2.45) is 7.05 Å². The summed E-state index contributed by atoms with van der Waals surface area (Å²) in [4.78, 5) is 26.7. The van der Waals surface area contributed by atoms with Crippen molar-refractivity contribution in [3.8, 4) is 0 Å². The summed E-state index contributed by atoms with van der Waals surface area (Å²) in [7, 11) is 1.79. The number of carbonyl (C=O) groups is 2. The van der Waals surface area contributed by atoms with Gasteiger partial charge in [0.05, 0.1) is 23.7 Å². The van der Waals surface area contributed by atoms with Gasteiger partial charge in [-0.15, -0.1) is 5.10 Å². The number of fused-ring (bicyclic) bond motifs is 2. The highest BCUT2D eigenvalue weighted by Gasteiger charge is 2.26. The molecule has 5 rings (SSSR count). The second-order valence-electron chi connectivity index (χ2n) is 9.11. The SMILES string of the molecule is CCn1nnc2c(C)c(C(CC(=O)O)c3ccc4c(c3)CN(C(=O)c3cnn(C)c3)CC4)ccc21. The van der Waals surface area contributed by atoms with E-state index in [1.165, 1.54) is 5.56 Å². The number of benzene rings is 2. The molecular formula is C26H28N6O3. The van der Waals surface area contributed by atoms with Gasteiger partial charge in [-0.3, -0.25) is 14.3 Å². The number of carboxylic acid groups (broad SMARTS) is 1. The van der Waals surface area contributed by atoms with E-state index in [1.54, 1.807) is 24.1 Å². The predicted molar refractivity (Wildman–Crippen MR) is 130 cm³/mol. The van der Waals surface area contributed by atoms with Gasteiger partial charge in [-0.05, 0) is 54.2 Å².